The van der Waals surface area contributed by atoms with Crippen LogP contribution in [-0.4, -0.2) is 16.5 Å². The summed E-state index contributed by atoms with van der Waals surface area (Å²) in [7, 11) is 0. The average molecular weight is 359 g/mol. The molecule has 2 aromatic carbocycles. The highest BCUT2D eigenvalue weighted by molar-refractivity contribution is 6.45. The van der Waals surface area contributed by atoms with Crippen LogP contribution in [-0.2, 0) is 0 Å². The van der Waals surface area contributed by atoms with Gasteiger partial charge in [-0.3, -0.25) is 20.9 Å². The van der Waals surface area contributed by atoms with Gasteiger partial charge in [-0.2, -0.15) is 10.4 Å². The molecule has 0 aliphatic carbocycles. The number of hydrazone groups is 1. The molecule has 0 unspecified atom stereocenters. The highest BCUT2D eigenvalue weighted by atomic mass is 35.5. The van der Waals surface area contributed by atoms with Gasteiger partial charge < -0.3 is 10.5 Å². The normalized spacial score (nSPS) is 10.6. The summed E-state index contributed by atoms with van der Waals surface area (Å²) in [6.45, 7) is 0. The Labute approximate surface area is 146 Å². The maximum atomic E-state index is 11.1. The van der Waals surface area contributed by atoms with E-state index in [-0.39, 0.29) is 22.8 Å². The van der Waals surface area contributed by atoms with E-state index in [1.807, 2.05) is 0 Å². The number of nitrogens with two attached hydrogens (primary N) is 1. The second kappa shape index (κ2) is 7.76. The molecule has 2 rings (SSSR count). The second-order valence-corrected chi connectivity index (χ2v) is 5.06. The summed E-state index contributed by atoms with van der Waals surface area (Å²) in [5, 5.41) is 31.2. The zero-order chi connectivity index (χ0) is 18.4. The van der Waals surface area contributed by atoms with Crippen molar-refractivity contribution in [1.29, 1.82) is 10.7 Å². The first kappa shape index (κ1) is 17.7. The molecule has 25 heavy (non-hydrogen) atoms. The topological polar surface area (TPSA) is 150 Å². The molecular formula is C15H11ClN6O3. The molecule has 0 atom stereocenters. The molecule has 126 valence electrons. The first-order valence-corrected chi connectivity index (χ1v) is 7.08. The van der Waals surface area contributed by atoms with Gasteiger partial charge in [-0.15, -0.1) is 0 Å². The van der Waals surface area contributed by atoms with E-state index in [1.165, 1.54) is 18.2 Å². The first-order valence-electron chi connectivity index (χ1n) is 6.70. The van der Waals surface area contributed by atoms with Crippen molar-refractivity contribution in [3.8, 4) is 17.6 Å². The third kappa shape index (κ3) is 4.92. The number of nitriles is 1. The van der Waals surface area contributed by atoms with Crippen LogP contribution in [0.15, 0.2) is 47.6 Å². The molecule has 0 amide bonds. The number of halogens is 1. The summed E-state index contributed by atoms with van der Waals surface area (Å²) in [5.74, 6) is 0.0782. The molecule has 2 aromatic rings. The van der Waals surface area contributed by atoms with Crippen molar-refractivity contribution in [2.45, 2.75) is 0 Å². The summed E-state index contributed by atoms with van der Waals surface area (Å²) in [4.78, 5) is 10.5. The number of hydrogen-bond acceptors (Lipinski definition) is 7. The molecule has 0 saturated carbocycles. The summed E-state index contributed by atoms with van der Waals surface area (Å²) in [6, 6.07) is 12.0. The smallest absolute Gasteiger partial charge is 0.275 e. The minimum atomic E-state index is -0.597. The highest BCUT2D eigenvalue weighted by Gasteiger charge is 2.12. The average Bonchev–Trinajstić information content (AvgIpc) is 2.57. The van der Waals surface area contributed by atoms with E-state index in [1.54, 1.807) is 30.3 Å². The van der Waals surface area contributed by atoms with Crippen molar-refractivity contribution in [2.24, 2.45) is 10.8 Å². The molecule has 10 heteroatoms. The van der Waals surface area contributed by atoms with Gasteiger partial charge in [-0.25, -0.2) is 0 Å². The Morgan fingerprint density at radius 1 is 1.32 bits per heavy atom. The van der Waals surface area contributed by atoms with Crippen LogP contribution in [0, 0.1) is 26.9 Å². The van der Waals surface area contributed by atoms with Gasteiger partial charge in [0.1, 0.15) is 17.6 Å². The van der Waals surface area contributed by atoms with E-state index in [0.29, 0.717) is 10.8 Å². The summed E-state index contributed by atoms with van der Waals surface area (Å²) in [5.41, 5.74) is 7.21. The lowest BCUT2D eigenvalue weighted by Crippen LogP contribution is -2.21. The monoisotopic (exact) mass is 358 g/mol. The molecule has 0 fully saturated rings. The van der Waals surface area contributed by atoms with Crippen molar-refractivity contribution in [1.82, 2.24) is 0 Å². The summed E-state index contributed by atoms with van der Waals surface area (Å²) < 4.78 is 5.56. The van der Waals surface area contributed by atoms with Crippen molar-refractivity contribution in [3.63, 3.8) is 0 Å². The fourth-order valence-electron chi connectivity index (χ4n) is 1.72. The van der Waals surface area contributed by atoms with Crippen LogP contribution in [0.4, 0.5) is 11.4 Å². The number of non-ortho nitro benzene ring substituents is 1. The van der Waals surface area contributed by atoms with Crippen LogP contribution in [0.3, 0.4) is 0 Å². The molecule has 0 aliphatic heterocycles. The number of nitro benzene ring substituents is 1. The van der Waals surface area contributed by atoms with Crippen molar-refractivity contribution in [3.05, 3.63) is 57.6 Å². The fraction of sp³-hybridized carbons (Fsp3) is 0. The van der Waals surface area contributed by atoms with Crippen LogP contribution in [0.2, 0.25) is 5.02 Å². The zero-order valence-electron chi connectivity index (χ0n) is 12.6. The third-order valence-corrected chi connectivity index (χ3v) is 3.06. The van der Waals surface area contributed by atoms with Gasteiger partial charge >= 0.3 is 0 Å². The molecule has 0 saturated heterocycles. The molecule has 9 nitrogen and oxygen atoms in total. The van der Waals surface area contributed by atoms with E-state index < -0.39 is 10.8 Å². The predicted molar refractivity (Wildman–Crippen MR) is 93.2 cm³/mol. The SMILES string of the molecule is N#C/C(=N\Nc1cc(Oc2ccc(Cl)cc2)cc([N+](=O)[O-])c1)C(=N)N. The number of nitro groups is 1. The summed E-state index contributed by atoms with van der Waals surface area (Å²) >= 11 is 5.79. The highest BCUT2D eigenvalue weighted by Crippen LogP contribution is 2.30. The van der Waals surface area contributed by atoms with Crippen LogP contribution in [0.1, 0.15) is 0 Å². The van der Waals surface area contributed by atoms with E-state index in [2.05, 4.69) is 10.5 Å². The molecular weight excluding hydrogens is 348 g/mol. The van der Waals surface area contributed by atoms with Gasteiger partial charge in [-0.05, 0) is 24.3 Å². The lowest BCUT2D eigenvalue weighted by atomic mass is 10.2. The number of ether oxygens (including phenoxy) is 1. The predicted octanol–water partition coefficient (Wildman–Crippen LogP) is 3.27. The molecule has 0 radical (unpaired) electrons. The molecule has 0 spiro atoms. The van der Waals surface area contributed by atoms with Crippen molar-refractivity contribution < 1.29 is 9.66 Å². The van der Waals surface area contributed by atoms with Crippen molar-refractivity contribution >= 4 is 34.5 Å². The number of nitrogens with one attached hydrogen (secondary N) is 2. The molecule has 0 heterocycles. The Balaban J connectivity index is 2.33. The summed E-state index contributed by atoms with van der Waals surface area (Å²) in [6.07, 6.45) is 0. The van der Waals surface area contributed by atoms with Gasteiger partial charge in [0.05, 0.1) is 16.7 Å². The lowest BCUT2D eigenvalue weighted by Gasteiger charge is -2.08. The van der Waals surface area contributed by atoms with Crippen LogP contribution >= 0.6 is 11.6 Å². The number of amidine groups is 1. The minimum absolute atomic E-state index is 0.176. The van der Waals surface area contributed by atoms with E-state index >= 15 is 0 Å². The van der Waals surface area contributed by atoms with Gasteiger partial charge in [-0.1, -0.05) is 11.6 Å². The van der Waals surface area contributed by atoms with Gasteiger partial charge in [0.25, 0.3) is 5.69 Å². The number of nitrogens with zero attached hydrogens (tertiary/aromatic N) is 3. The molecule has 4 N–H and O–H groups in total. The zero-order valence-corrected chi connectivity index (χ0v) is 13.3. The number of hydrogen-bond donors (Lipinski definition) is 3. The van der Waals surface area contributed by atoms with Gasteiger partial charge in [0.15, 0.2) is 5.84 Å². The number of rotatable bonds is 6. The van der Waals surface area contributed by atoms with E-state index in [9.17, 15) is 10.1 Å². The maximum Gasteiger partial charge on any atom is 0.275 e. The van der Waals surface area contributed by atoms with Crippen LogP contribution < -0.4 is 15.9 Å². The lowest BCUT2D eigenvalue weighted by molar-refractivity contribution is -0.384. The van der Waals surface area contributed by atoms with Crippen LogP contribution in [0.5, 0.6) is 11.5 Å². The minimum Gasteiger partial charge on any atom is -0.457 e. The second-order valence-electron chi connectivity index (χ2n) is 4.63. The van der Waals surface area contributed by atoms with Gasteiger partial charge in [0, 0.05) is 17.2 Å². The number of benzene rings is 2. The number of anilines is 1. The van der Waals surface area contributed by atoms with Crippen molar-refractivity contribution in [2.75, 3.05) is 5.43 Å². The Hall–Kier alpha value is -3.64. The Bertz CT molecular complexity index is 889. The molecule has 0 bridgehead atoms. The first-order chi connectivity index (χ1) is 11.9. The van der Waals surface area contributed by atoms with Crippen LogP contribution in [0.25, 0.3) is 0 Å². The molecule has 0 aromatic heterocycles. The largest absolute Gasteiger partial charge is 0.457 e. The maximum absolute atomic E-state index is 11.1. The van der Waals surface area contributed by atoms with E-state index in [0.717, 1.165) is 0 Å². The fourth-order valence-corrected chi connectivity index (χ4v) is 1.84. The Kier molecular flexibility index (Phi) is 5.50. The standard InChI is InChI=1S/C15H11ClN6O3/c16-9-1-3-12(4-2-9)25-13-6-10(5-11(7-13)22(23)24)20-21-14(8-17)15(18)19/h1-7,20H,(H3,18,19)/b21-14+. The quantitative estimate of drug-likeness (QED) is 0.312. The molecule has 0 aliphatic rings. The Morgan fingerprint density at radius 3 is 2.56 bits per heavy atom. The third-order valence-electron chi connectivity index (χ3n) is 2.81. The van der Waals surface area contributed by atoms with E-state index in [4.69, 9.17) is 32.7 Å². The Morgan fingerprint density at radius 2 is 2.00 bits per heavy atom. The van der Waals surface area contributed by atoms with Gasteiger partial charge in [0.2, 0.25) is 5.71 Å².